The Morgan fingerprint density at radius 3 is 2.81 bits per heavy atom. The Labute approximate surface area is 181 Å². The number of nitrogens with one attached hydrogen (secondary N) is 2. The van der Waals surface area contributed by atoms with Gasteiger partial charge in [0.05, 0.1) is 35.9 Å². The molecule has 0 amide bonds. The van der Waals surface area contributed by atoms with E-state index in [1.807, 2.05) is 17.9 Å². The Kier molecular flexibility index (Phi) is 4.65. The topological polar surface area (TPSA) is 96.7 Å². The van der Waals surface area contributed by atoms with Crippen LogP contribution < -0.4 is 15.8 Å². The number of rotatable bonds is 3. The summed E-state index contributed by atoms with van der Waals surface area (Å²) in [4.78, 5) is 20.5. The van der Waals surface area contributed by atoms with Crippen LogP contribution in [-0.4, -0.2) is 42.3 Å². The molecule has 1 saturated carbocycles. The molecule has 2 fully saturated rings. The molecule has 9 heteroatoms. The Morgan fingerprint density at radius 2 is 1.94 bits per heavy atom. The molecule has 9 nitrogen and oxygen atoms in total. The van der Waals surface area contributed by atoms with Gasteiger partial charge in [-0.2, -0.15) is 5.10 Å². The van der Waals surface area contributed by atoms with Gasteiger partial charge in [-0.1, -0.05) is 0 Å². The minimum absolute atomic E-state index is 0.183. The Hall–Kier alpha value is -2.91. The van der Waals surface area contributed by atoms with Crippen LogP contribution in [0.3, 0.4) is 0 Å². The quantitative estimate of drug-likeness (QED) is 0.664. The standard InChI is InChI=1S/C22H27N9/c1-30-11-15(10-27-30)14-2-3-17-16(8-14)22(29-28-17)19-9-21(26-13-25-19)31-7-4-18-20(12-31)24-6-5-23-18/h5-6,9-11,13-14,16-17,22,28-29H,2-4,7-8,12H2,1H3. The van der Waals surface area contributed by atoms with Crippen molar-refractivity contribution in [2.75, 3.05) is 11.4 Å². The van der Waals surface area contributed by atoms with E-state index in [1.165, 1.54) is 12.0 Å². The first kappa shape index (κ1) is 18.8. The maximum Gasteiger partial charge on any atom is 0.132 e. The van der Waals surface area contributed by atoms with Gasteiger partial charge in [0.2, 0.25) is 0 Å². The summed E-state index contributed by atoms with van der Waals surface area (Å²) >= 11 is 0. The molecule has 0 aromatic carbocycles. The fraction of sp³-hybridized carbons (Fsp3) is 0.500. The predicted octanol–water partition coefficient (Wildman–Crippen LogP) is 1.66. The van der Waals surface area contributed by atoms with Gasteiger partial charge in [-0.05, 0) is 36.7 Å². The lowest BCUT2D eigenvalue weighted by Gasteiger charge is -2.33. The van der Waals surface area contributed by atoms with Gasteiger partial charge in [-0.15, -0.1) is 0 Å². The molecular formula is C22H27N9. The Morgan fingerprint density at radius 1 is 1.03 bits per heavy atom. The first-order chi connectivity index (χ1) is 15.2. The molecule has 3 aromatic rings. The number of anilines is 1. The summed E-state index contributed by atoms with van der Waals surface area (Å²) in [5, 5.41) is 4.38. The number of hydrogen-bond donors (Lipinski definition) is 2. The molecule has 4 atom stereocenters. The molecule has 31 heavy (non-hydrogen) atoms. The van der Waals surface area contributed by atoms with E-state index in [0.717, 1.165) is 55.3 Å². The summed E-state index contributed by atoms with van der Waals surface area (Å²) in [5.74, 6) is 2.01. The molecule has 160 valence electrons. The van der Waals surface area contributed by atoms with Crippen molar-refractivity contribution < 1.29 is 0 Å². The van der Waals surface area contributed by atoms with Crippen LogP contribution in [0.5, 0.6) is 0 Å². The van der Waals surface area contributed by atoms with E-state index in [0.29, 0.717) is 17.9 Å². The SMILES string of the molecule is Cn1cc(C2CCC3NNC(c4cc(N5CCc6nccnc6C5)ncn4)C3C2)cn1. The van der Waals surface area contributed by atoms with Crippen molar-refractivity contribution in [2.24, 2.45) is 13.0 Å². The molecule has 0 bridgehead atoms. The van der Waals surface area contributed by atoms with E-state index >= 15 is 0 Å². The van der Waals surface area contributed by atoms with E-state index in [4.69, 9.17) is 0 Å². The lowest BCUT2D eigenvalue weighted by atomic mass is 9.73. The van der Waals surface area contributed by atoms with Crippen LogP contribution in [0.2, 0.25) is 0 Å². The van der Waals surface area contributed by atoms with Gasteiger partial charge in [0, 0.05) is 50.7 Å². The van der Waals surface area contributed by atoms with E-state index in [1.54, 1.807) is 18.7 Å². The zero-order chi connectivity index (χ0) is 20.8. The number of nitrogens with zero attached hydrogens (tertiary/aromatic N) is 7. The molecule has 2 N–H and O–H groups in total. The number of fused-ring (bicyclic) bond motifs is 2. The van der Waals surface area contributed by atoms with Gasteiger partial charge in [-0.25, -0.2) is 15.4 Å². The van der Waals surface area contributed by atoms with Crippen molar-refractivity contribution in [1.29, 1.82) is 0 Å². The Balaban J connectivity index is 1.22. The van der Waals surface area contributed by atoms with E-state index in [2.05, 4.69) is 53.0 Å². The molecule has 5 heterocycles. The van der Waals surface area contributed by atoms with Crippen LogP contribution in [0.4, 0.5) is 5.82 Å². The van der Waals surface area contributed by atoms with E-state index < -0.39 is 0 Å². The van der Waals surface area contributed by atoms with Crippen LogP contribution in [-0.2, 0) is 20.0 Å². The highest BCUT2D eigenvalue weighted by Gasteiger charge is 2.42. The smallest absolute Gasteiger partial charge is 0.132 e. The van der Waals surface area contributed by atoms with Gasteiger partial charge < -0.3 is 4.90 Å². The number of aromatic nitrogens is 6. The second-order valence-corrected chi connectivity index (χ2v) is 8.92. The number of aryl methyl sites for hydroxylation is 1. The first-order valence-corrected chi connectivity index (χ1v) is 11.1. The zero-order valence-corrected chi connectivity index (χ0v) is 17.6. The summed E-state index contributed by atoms with van der Waals surface area (Å²) in [5.41, 5.74) is 11.6. The molecule has 0 radical (unpaired) electrons. The molecule has 4 unspecified atom stereocenters. The minimum Gasteiger partial charge on any atom is -0.350 e. The third kappa shape index (κ3) is 3.47. The minimum atomic E-state index is 0.183. The predicted molar refractivity (Wildman–Crippen MR) is 115 cm³/mol. The first-order valence-electron chi connectivity index (χ1n) is 11.1. The second-order valence-electron chi connectivity index (χ2n) is 8.92. The molecule has 6 rings (SSSR count). The second kappa shape index (κ2) is 7.65. The normalized spacial score (nSPS) is 27.7. The summed E-state index contributed by atoms with van der Waals surface area (Å²) in [6.07, 6.45) is 13.8. The fourth-order valence-electron chi connectivity index (χ4n) is 5.44. The average Bonchev–Trinajstić information content (AvgIpc) is 3.44. The third-order valence-electron chi connectivity index (χ3n) is 7.08. The molecule has 3 aromatic heterocycles. The van der Waals surface area contributed by atoms with Crippen molar-refractivity contribution in [2.45, 2.75) is 50.2 Å². The molecule has 2 aliphatic heterocycles. The maximum absolute atomic E-state index is 4.67. The van der Waals surface area contributed by atoms with Crippen molar-refractivity contribution >= 4 is 5.82 Å². The van der Waals surface area contributed by atoms with E-state index in [9.17, 15) is 0 Å². The van der Waals surface area contributed by atoms with Crippen molar-refractivity contribution in [3.63, 3.8) is 0 Å². The van der Waals surface area contributed by atoms with Crippen molar-refractivity contribution in [3.8, 4) is 0 Å². The van der Waals surface area contributed by atoms with Crippen LogP contribution in [0.1, 0.15) is 53.9 Å². The largest absolute Gasteiger partial charge is 0.350 e. The fourth-order valence-corrected chi connectivity index (χ4v) is 5.44. The van der Waals surface area contributed by atoms with Gasteiger partial charge in [0.15, 0.2) is 0 Å². The highest BCUT2D eigenvalue weighted by Crippen LogP contribution is 2.43. The average molecular weight is 418 g/mol. The number of hydrazine groups is 1. The summed E-state index contributed by atoms with van der Waals surface area (Å²) < 4.78 is 1.90. The van der Waals surface area contributed by atoms with Crippen molar-refractivity contribution in [1.82, 2.24) is 40.6 Å². The third-order valence-corrected chi connectivity index (χ3v) is 7.08. The van der Waals surface area contributed by atoms with Gasteiger partial charge in [-0.3, -0.25) is 20.1 Å². The van der Waals surface area contributed by atoms with Gasteiger partial charge in [0.1, 0.15) is 12.1 Å². The maximum atomic E-state index is 4.67. The lowest BCUT2D eigenvalue weighted by molar-refractivity contribution is 0.276. The van der Waals surface area contributed by atoms with Crippen LogP contribution in [0, 0.1) is 5.92 Å². The van der Waals surface area contributed by atoms with Crippen LogP contribution >= 0.6 is 0 Å². The monoisotopic (exact) mass is 417 g/mol. The summed E-state index contributed by atoms with van der Waals surface area (Å²) in [7, 11) is 1.99. The van der Waals surface area contributed by atoms with Gasteiger partial charge >= 0.3 is 0 Å². The lowest BCUT2D eigenvalue weighted by Crippen LogP contribution is -2.34. The van der Waals surface area contributed by atoms with Crippen molar-refractivity contribution in [3.05, 3.63) is 59.8 Å². The Bertz CT molecular complexity index is 1080. The molecule has 1 saturated heterocycles. The highest BCUT2D eigenvalue weighted by atomic mass is 15.4. The molecule has 0 spiro atoms. The molecular weight excluding hydrogens is 390 g/mol. The van der Waals surface area contributed by atoms with Crippen LogP contribution in [0.25, 0.3) is 0 Å². The summed E-state index contributed by atoms with van der Waals surface area (Å²) in [6.45, 7) is 1.64. The molecule has 3 aliphatic rings. The highest BCUT2D eigenvalue weighted by molar-refractivity contribution is 5.42. The number of hydrogen-bond acceptors (Lipinski definition) is 8. The van der Waals surface area contributed by atoms with Crippen LogP contribution in [0.15, 0.2) is 37.2 Å². The summed E-state index contributed by atoms with van der Waals surface area (Å²) in [6, 6.07) is 2.81. The zero-order valence-electron chi connectivity index (χ0n) is 17.6. The van der Waals surface area contributed by atoms with Gasteiger partial charge in [0.25, 0.3) is 0 Å². The van der Waals surface area contributed by atoms with E-state index in [-0.39, 0.29) is 6.04 Å². The molecule has 1 aliphatic carbocycles.